The first-order valence-electron chi connectivity index (χ1n) is 9.08. The standard InChI is InChI=1S/C18H29N3O/c1-14-11-15(13-21(14)16-6-7-16)19-12-17(18-5-4-10-22-18)20-8-2-3-9-20/h4-5,10,14-17,19H,2-3,6-9,11-13H2,1H3. The van der Waals surface area contributed by atoms with Gasteiger partial charge in [0.15, 0.2) is 0 Å². The molecule has 1 aromatic heterocycles. The van der Waals surface area contributed by atoms with E-state index in [9.17, 15) is 0 Å². The third kappa shape index (κ3) is 3.10. The van der Waals surface area contributed by atoms with Gasteiger partial charge in [-0.3, -0.25) is 9.80 Å². The van der Waals surface area contributed by atoms with E-state index >= 15 is 0 Å². The van der Waals surface area contributed by atoms with E-state index in [2.05, 4.69) is 28.1 Å². The number of nitrogens with one attached hydrogen (secondary N) is 1. The normalized spacial score (nSPS) is 31.9. The summed E-state index contributed by atoms with van der Waals surface area (Å²) in [5, 5.41) is 3.85. The zero-order chi connectivity index (χ0) is 14.9. The van der Waals surface area contributed by atoms with E-state index in [0.717, 1.165) is 24.4 Å². The largest absolute Gasteiger partial charge is 0.468 e. The van der Waals surface area contributed by atoms with Crippen molar-refractivity contribution in [3.63, 3.8) is 0 Å². The Morgan fingerprint density at radius 3 is 2.82 bits per heavy atom. The van der Waals surface area contributed by atoms with E-state index in [-0.39, 0.29) is 0 Å². The third-order valence-electron chi connectivity index (χ3n) is 5.69. The van der Waals surface area contributed by atoms with Gasteiger partial charge in [-0.15, -0.1) is 0 Å². The Balaban J connectivity index is 1.35. The molecule has 0 bridgehead atoms. The molecule has 4 nitrogen and oxygen atoms in total. The van der Waals surface area contributed by atoms with Crippen molar-refractivity contribution < 1.29 is 4.42 Å². The summed E-state index contributed by atoms with van der Waals surface area (Å²) in [6, 6.07) is 6.85. The fourth-order valence-corrected chi connectivity index (χ4v) is 4.34. The van der Waals surface area contributed by atoms with Crippen LogP contribution in [0.5, 0.6) is 0 Å². The lowest BCUT2D eigenvalue weighted by atomic mass is 10.1. The van der Waals surface area contributed by atoms with Crippen LogP contribution < -0.4 is 5.32 Å². The van der Waals surface area contributed by atoms with Gasteiger partial charge in [0, 0.05) is 31.2 Å². The maximum absolute atomic E-state index is 5.72. The Bertz CT molecular complexity index is 465. The van der Waals surface area contributed by atoms with E-state index in [1.54, 1.807) is 0 Å². The van der Waals surface area contributed by atoms with Crippen molar-refractivity contribution in [2.24, 2.45) is 0 Å². The zero-order valence-corrected chi connectivity index (χ0v) is 13.7. The predicted molar refractivity (Wildman–Crippen MR) is 87.9 cm³/mol. The summed E-state index contributed by atoms with van der Waals surface area (Å²) in [4.78, 5) is 5.30. The summed E-state index contributed by atoms with van der Waals surface area (Å²) >= 11 is 0. The molecule has 0 aromatic carbocycles. The van der Waals surface area contributed by atoms with E-state index in [4.69, 9.17) is 4.42 Å². The maximum Gasteiger partial charge on any atom is 0.122 e. The van der Waals surface area contributed by atoms with Crippen molar-refractivity contribution in [2.75, 3.05) is 26.2 Å². The highest BCUT2D eigenvalue weighted by Gasteiger charge is 2.39. The van der Waals surface area contributed by atoms with Crippen LogP contribution >= 0.6 is 0 Å². The maximum atomic E-state index is 5.72. The number of nitrogens with zero attached hydrogens (tertiary/aromatic N) is 2. The minimum absolute atomic E-state index is 0.405. The van der Waals surface area contributed by atoms with E-state index < -0.39 is 0 Å². The van der Waals surface area contributed by atoms with Crippen molar-refractivity contribution >= 4 is 0 Å². The average molecular weight is 303 g/mol. The molecule has 1 aromatic rings. The van der Waals surface area contributed by atoms with Crippen LogP contribution in [-0.4, -0.2) is 54.1 Å². The zero-order valence-electron chi connectivity index (χ0n) is 13.7. The molecule has 2 saturated heterocycles. The van der Waals surface area contributed by atoms with Crippen LogP contribution in [0.3, 0.4) is 0 Å². The second-order valence-corrected chi connectivity index (χ2v) is 7.39. The monoisotopic (exact) mass is 303 g/mol. The second-order valence-electron chi connectivity index (χ2n) is 7.39. The predicted octanol–water partition coefficient (Wildman–Crippen LogP) is 2.63. The van der Waals surface area contributed by atoms with Gasteiger partial charge in [-0.25, -0.2) is 0 Å². The van der Waals surface area contributed by atoms with Crippen molar-refractivity contribution in [3.8, 4) is 0 Å². The molecular formula is C18H29N3O. The smallest absolute Gasteiger partial charge is 0.122 e. The summed E-state index contributed by atoms with van der Waals surface area (Å²) in [7, 11) is 0. The van der Waals surface area contributed by atoms with Crippen LogP contribution in [-0.2, 0) is 0 Å². The molecule has 0 spiro atoms. The van der Waals surface area contributed by atoms with Gasteiger partial charge in [-0.2, -0.15) is 0 Å². The van der Waals surface area contributed by atoms with Crippen molar-refractivity contribution in [1.82, 2.24) is 15.1 Å². The highest BCUT2D eigenvalue weighted by molar-refractivity contribution is 5.07. The van der Waals surface area contributed by atoms with Gasteiger partial charge in [-0.1, -0.05) is 0 Å². The lowest BCUT2D eigenvalue weighted by molar-refractivity contribution is 0.203. The first-order valence-corrected chi connectivity index (χ1v) is 9.08. The number of hydrogen-bond acceptors (Lipinski definition) is 4. The Morgan fingerprint density at radius 1 is 1.32 bits per heavy atom. The fraction of sp³-hybridized carbons (Fsp3) is 0.778. The van der Waals surface area contributed by atoms with Crippen LogP contribution in [0.25, 0.3) is 0 Å². The summed E-state index contributed by atoms with van der Waals surface area (Å²) in [5.41, 5.74) is 0. The SMILES string of the molecule is CC1CC(NCC(c2ccco2)N2CCCC2)CN1C1CC1. The molecule has 3 fully saturated rings. The first-order chi connectivity index (χ1) is 10.8. The Morgan fingerprint density at radius 2 is 2.14 bits per heavy atom. The Labute approximate surface area is 133 Å². The molecule has 1 saturated carbocycles. The molecule has 0 radical (unpaired) electrons. The van der Waals surface area contributed by atoms with Gasteiger partial charge in [0.1, 0.15) is 5.76 Å². The van der Waals surface area contributed by atoms with Crippen molar-refractivity contribution in [2.45, 2.75) is 63.2 Å². The van der Waals surface area contributed by atoms with Crippen molar-refractivity contribution in [1.29, 1.82) is 0 Å². The molecular weight excluding hydrogens is 274 g/mol. The molecule has 2 aliphatic heterocycles. The van der Waals surface area contributed by atoms with Crippen LogP contribution in [0, 0.1) is 0 Å². The fourth-order valence-electron chi connectivity index (χ4n) is 4.34. The molecule has 1 N–H and O–H groups in total. The molecule has 3 aliphatic rings. The quantitative estimate of drug-likeness (QED) is 0.875. The van der Waals surface area contributed by atoms with Crippen LogP contribution in [0.15, 0.2) is 22.8 Å². The molecule has 3 atom stereocenters. The topological polar surface area (TPSA) is 31.7 Å². The van der Waals surface area contributed by atoms with Crippen molar-refractivity contribution in [3.05, 3.63) is 24.2 Å². The van der Waals surface area contributed by atoms with Crippen LogP contribution in [0.2, 0.25) is 0 Å². The molecule has 3 heterocycles. The number of furan rings is 1. The second kappa shape index (κ2) is 6.34. The Kier molecular flexibility index (Phi) is 4.25. The van der Waals surface area contributed by atoms with Gasteiger partial charge in [0.05, 0.1) is 12.3 Å². The highest BCUT2D eigenvalue weighted by atomic mass is 16.3. The number of hydrogen-bond donors (Lipinski definition) is 1. The van der Waals surface area contributed by atoms with Gasteiger partial charge in [-0.05, 0) is 64.3 Å². The van der Waals surface area contributed by atoms with Crippen LogP contribution in [0.1, 0.15) is 50.8 Å². The first kappa shape index (κ1) is 14.7. The molecule has 3 unspecified atom stereocenters. The lowest BCUT2D eigenvalue weighted by Gasteiger charge is -2.27. The number of likely N-dealkylation sites (tertiary alicyclic amines) is 2. The molecule has 0 amide bonds. The molecule has 4 rings (SSSR count). The summed E-state index contributed by atoms with van der Waals surface area (Å²) in [5.74, 6) is 1.12. The number of rotatable bonds is 6. The van der Waals surface area contributed by atoms with Gasteiger partial charge in [0.2, 0.25) is 0 Å². The van der Waals surface area contributed by atoms with E-state index in [1.165, 1.54) is 51.7 Å². The van der Waals surface area contributed by atoms with Gasteiger partial charge >= 0.3 is 0 Å². The molecule has 122 valence electrons. The van der Waals surface area contributed by atoms with Gasteiger partial charge < -0.3 is 9.73 Å². The Hall–Kier alpha value is -0.840. The summed E-state index contributed by atoms with van der Waals surface area (Å²) in [6.45, 7) is 7.06. The third-order valence-corrected chi connectivity index (χ3v) is 5.69. The summed E-state index contributed by atoms with van der Waals surface area (Å²) in [6.07, 6.45) is 8.59. The minimum Gasteiger partial charge on any atom is -0.468 e. The van der Waals surface area contributed by atoms with E-state index in [1.807, 2.05) is 12.3 Å². The van der Waals surface area contributed by atoms with Crippen LogP contribution in [0.4, 0.5) is 0 Å². The summed E-state index contributed by atoms with van der Waals surface area (Å²) < 4.78 is 5.72. The minimum atomic E-state index is 0.405. The van der Waals surface area contributed by atoms with E-state index in [0.29, 0.717) is 12.1 Å². The molecule has 4 heteroatoms. The molecule has 1 aliphatic carbocycles. The average Bonchev–Trinajstić information content (AvgIpc) is 2.98. The highest BCUT2D eigenvalue weighted by Crippen LogP contribution is 2.33. The lowest BCUT2D eigenvalue weighted by Crippen LogP contribution is -2.40. The molecule has 22 heavy (non-hydrogen) atoms. The van der Waals surface area contributed by atoms with Gasteiger partial charge in [0.25, 0.3) is 0 Å².